The lowest BCUT2D eigenvalue weighted by Gasteiger charge is -2.04. The van der Waals surface area contributed by atoms with Gasteiger partial charge in [-0.15, -0.1) is 11.3 Å². The van der Waals surface area contributed by atoms with Crippen LogP contribution in [-0.4, -0.2) is 20.7 Å². The van der Waals surface area contributed by atoms with Crippen molar-refractivity contribution in [3.8, 4) is 10.7 Å². The Morgan fingerprint density at radius 2 is 1.62 bits per heavy atom. The van der Waals surface area contributed by atoms with Crippen LogP contribution in [0.25, 0.3) is 10.7 Å². The molecule has 164 valence electrons. The highest BCUT2D eigenvalue weighted by Gasteiger charge is 2.18. The molecule has 0 saturated carbocycles. The van der Waals surface area contributed by atoms with E-state index in [0.717, 1.165) is 23.2 Å². The molecule has 1 N–H and O–H groups in total. The van der Waals surface area contributed by atoms with Gasteiger partial charge in [0.05, 0.1) is 5.69 Å². The van der Waals surface area contributed by atoms with Gasteiger partial charge in [-0.25, -0.2) is 13.8 Å². The fraction of sp³-hybridized carbons (Fsp3) is 0.208. The van der Waals surface area contributed by atoms with E-state index in [4.69, 9.17) is 0 Å². The minimum Gasteiger partial charge on any atom is -0.347 e. The number of amides is 1. The summed E-state index contributed by atoms with van der Waals surface area (Å²) in [4.78, 5) is 17.7. The molecule has 4 aromatic rings. The number of carbonyl (C=O) groups excluding carboxylic acids is 1. The van der Waals surface area contributed by atoms with Crippen LogP contribution in [0.2, 0.25) is 0 Å². The first-order valence-electron chi connectivity index (χ1n) is 10.2. The molecule has 0 saturated heterocycles. The zero-order valence-corrected chi connectivity index (χ0v) is 18.5. The number of nitrogens with one attached hydrogen (secondary N) is 1. The number of hydrogen-bond donors (Lipinski definition) is 1. The number of nitrogens with zero attached hydrogens (tertiary/aromatic N) is 3. The molecule has 0 atom stereocenters. The van der Waals surface area contributed by atoms with Gasteiger partial charge in [0.1, 0.15) is 27.2 Å². The van der Waals surface area contributed by atoms with Crippen molar-refractivity contribution in [3.05, 3.63) is 93.6 Å². The Kier molecular flexibility index (Phi) is 6.41. The maximum absolute atomic E-state index is 13.1. The summed E-state index contributed by atoms with van der Waals surface area (Å²) in [5.74, 6) is -0.776. The van der Waals surface area contributed by atoms with E-state index in [1.54, 1.807) is 31.2 Å². The fourth-order valence-corrected chi connectivity index (χ4v) is 4.25. The van der Waals surface area contributed by atoms with Gasteiger partial charge < -0.3 is 5.32 Å². The topological polar surface area (TPSA) is 59.8 Å². The van der Waals surface area contributed by atoms with E-state index in [1.165, 1.54) is 35.6 Å². The molecule has 0 radical (unpaired) electrons. The smallest absolute Gasteiger partial charge is 0.263 e. The lowest BCUT2D eigenvalue weighted by Crippen LogP contribution is -2.22. The Hall–Kier alpha value is -3.39. The molecule has 0 spiro atoms. The third kappa shape index (κ3) is 5.08. The van der Waals surface area contributed by atoms with Gasteiger partial charge in [-0.3, -0.25) is 9.48 Å². The van der Waals surface area contributed by atoms with Gasteiger partial charge in [0.2, 0.25) is 0 Å². The zero-order chi connectivity index (χ0) is 22.7. The van der Waals surface area contributed by atoms with E-state index >= 15 is 0 Å². The van der Waals surface area contributed by atoms with Crippen LogP contribution < -0.4 is 5.32 Å². The molecule has 0 aliphatic carbocycles. The van der Waals surface area contributed by atoms with Gasteiger partial charge in [0, 0.05) is 18.8 Å². The monoisotopic (exact) mass is 452 g/mol. The second-order valence-electron chi connectivity index (χ2n) is 7.51. The number of thiazole rings is 1. The molecular formula is C24H22F2N4OS. The van der Waals surface area contributed by atoms with Crippen molar-refractivity contribution in [2.45, 2.75) is 33.4 Å². The Balaban J connectivity index is 1.43. The molecule has 32 heavy (non-hydrogen) atoms. The Morgan fingerprint density at radius 1 is 1.00 bits per heavy atom. The highest BCUT2D eigenvalue weighted by molar-refractivity contribution is 7.17. The molecule has 4 rings (SSSR count). The largest absolute Gasteiger partial charge is 0.347 e. The lowest BCUT2D eigenvalue weighted by molar-refractivity contribution is 0.0954. The Morgan fingerprint density at radius 3 is 2.28 bits per heavy atom. The number of halogens is 2. The third-order valence-corrected chi connectivity index (χ3v) is 6.27. The summed E-state index contributed by atoms with van der Waals surface area (Å²) in [5.41, 5.74) is 4.19. The van der Waals surface area contributed by atoms with E-state index in [0.29, 0.717) is 34.4 Å². The van der Waals surface area contributed by atoms with Crippen molar-refractivity contribution >= 4 is 17.2 Å². The van der Waals surface area contributed by atoms with Gasteiger partial charge in [0.25, 0.3) is 5.91 Å². The molecule has 0 aliphatic rings. The fourth-order valence-electron chi connectivity index (χ4n) is 3.31. The average molecular weight is 453 g/mol. The van der Waals surface area contributed by atoms with E-state index in [-0.39, 0.29) is 17.5 Å². The highest BCUT2D eigenvalue weighted by atomic mass is 32.1. The van der Waals surface area contributed by atoms with Gasteiger partial charge in [-0.1, -0.05) is 24.3 Å². The number of rotatable bonds is 7. The highest BCUT2D eigenvalue weighted by Crippen LogP contribution is 2.27. The van der Waals surface area contributed by atoms with Crippen LogP contribution in [0.3, 0.4) is 0 Å². The minimum atomic E-state index is -0.310. The SMILES string of the molecule is Cc1nc(-c2cc(C)n(CCc3ccc(F)cc3)n2)sc1C(=O)NCc1ccc(F)cc1. The summed E-state index contributed by atoms with van der Waals surface area (Å²) < 4.78 is 28.0. The summed E-state index contributed by atoms with van der Waals surface area (Å²) in [6.07, 6.45) is 0.732. The molecule has 0 aliphatic heterocycles. The van der Waals surface area contributed by atoms with E-state index in [1.807, 2.05) is 17.7 Å². The van der Waals surface area contributed by atoms with Crippen molar-refractivity contribution in [2.75, 3.05) is 0 Å². The van der Waals surface area contributed by atoms with Crippen molar-refractivity contribution in [1.29, 1.82) is 0 Å². The summed E-state index contributed by atoms with van der Waals surface area (Å²) in [6.45, 7) is 4.73. The van der Waals surface area contributed by atoms with Crippen LogP contribution in [0.5, 0.6) is 0 Å². The van der Waals surface area contributed by atoms with E-state index < -0.39 is 0 Å². The van der Waals surface area contributed by atoms with Gasteiger partial charge in [-0.2, -0.15) is 5.10 Å². The molecule has 8 heteroatoms. The first-order valence-corrected chi connectivity index (χ1v) is 11.0. The molecule has 0 unspecified atom stereocenters. The molecule has 0 bridgehead atoms. The van der Waals surface area contributed by atoms with Gasteiger partial charge in [-0.05, 0) is 61.7 Å². The van der Waals surface area contributed by atoms with E-state index in [9.17, 15) is 13.6 Å². The van der Waals surface area contributed by atoms with Crippen LogP contribution in [0.1, 0.15) is 32.2 Å². The average Bonchev–Trinajstić information content (AvgIpc) is 3.35. The zero-order valence-electron chi connectivity index (χ0n) is 17.7. The Bertz CT molecular complexity index is 1230. The standard InChI is InChI=1S/C24H22F2N4OS/c1-15-13-21(29-30(15)12-11-17-3-7-19(25)8-4-17)24-28-16(2)22(32-24)23(31)27-14-18-5-9-20(26)10-6-18/h3-10,13H,11-12,14H2,1-2H3,(H,27,31). The molecule has 2 aromatic heterocycles. The van der Waals surface area contributed by atoms with Gasteiger partial charge >= 0.3 is 0 Å². The predicted octanol–water partition coefficient (Wildman–Crippen LogP) is 5.07. The number of benzene rings is 2. The van der Waals surface area contributed by atoms with E-state index in [2.05, 4.69) is 15.4 Å². The quantitative estimate of drug-likeness (QED) is 0.426. The van der Waals surface area contributed by atoms with Crippen LogP contribution in [-0.2, 0) is 19.5 Å². The lowest BCUT2D eigenvalue weighted by atomic mass is 10.1. The van der Waals surface area contributed by atoms with Crippen LogP contribution >= 0.6 is 11.3 Å². The summed E-state index contributed by atoms with van der Waals surface area (Å²) in [7, 11) is 0. The predicted molar refractivity (Wildman–Crippen MR) is 120 cm³/mol. The van der Waals surface area contributed by atoms with Crippen molar-refractivity contribution in [1.82, 2.24) is 20.1 Å². The first-order chi connectivity index (χ1) is 15.4. The van der Waals surface area contributed by atoms with Crippen LogP contribution in [0, 0.1) is 25.5 Å². The second-order valence-corrected chi connectivity index (χ2v) is 8.51. The first kappa shape index (κ1) is 21.8. The molecule has 0 fully saturated rings. The third-order valence-electron chi connectivity index (χ3n) is 5.09. The molecule has 2 heterocycles. The second kappa shape index (κ2) is 9.40. The number of carbonyl (C=O) groups is 1. The molecule has 2 aromatic carbocycles. The summed E-state index contributed by atoms with van der Waals surface area (Å²) in [5, 5.41) is 8.19. The number of aryl methyl sites for hydroxylation is 4. The van der Waals surface area contributed by atoms with Crippen molar-refractivity contribution in [2.24, 2.45) is 0 Å². The minimum absolute atomic E-state index is 0.219. The van der Waals surface area contributed by atoms with Crippen molar-refractivity contribution < 1.29 is 13.6 Å². The molecule has 5 nitrogen and oxygen atoms in total. The Labute approximate surface area is 188 Å². The normalized spacial score (nSPS) is 11.0. The molecular weight excluding hydrogens is 430 g/mol. The van der Waals surface area contributed by atoms with Gasteiger partial charge in [0.15, 0.2) is 0 Å². The van der Waals surface area contributed by atoms with Crippen LogP contribution in [0.15, 0.2) is 54.6 Å². The maximum Gasteiger partial charge on any atom is 0.263 e. The summed E-state index contributed by atoms with van der Waals surface area (Å²) >= 11 is 1.30. The number of hydrogen-bond acceptors (Lipinski definition) is 4. The maximum atomic E-state index is 13.1. The summed E-state index contributed by atoms with van der Waals surface area (Å²) in [6, 6.07) is 14.4. The molecule has 1 amide bonds. The van der Waals surface area contributed by atoms with Crippen molar-refractivity contribution in [3.63, 3.8) is 0 Å². The van der Waals surface area contributed by atoms with Crippen LogP contribution in [0.4, 0.5) is 8.78 Å². The number of aromatic nitrogens is 3.